The lowest BCUT2D eigenvalue weighted by molar-refractivity contribution is 0.0699. The minimum atomic E-state index is -0.962. The molecule has 2 aromatic heterocycles. The average molecular weight is 327 g/mol. The van der Waals surface area contributed by atoms with Crippen molar-refractivity contribution in [3.8, 4) is 22.5 Å². The third-order valence-electron chi connectivity index (χ3n) is 4.00. The van der Waals surface area contributed by atoms with Crippen LogP contribution < -0.4 is 0 Å². The van der Waals surface area contributed by atoms with E-state index in [9.17, 15) is 9.90 Å². The summed E-state index contributed by atoms with van der Waals surface area (Å²) in [6, 6.07) is 20.3. The first kappa shape index (κ1) is 15.0. The van der Waals surface area contributed by atoms with Crippen molar-refractivity contribution >= 4 is 16.9 Å². The first-order valence-electron chi connectivity index (χ1n) is 7.74. The Morgan fingerprint density at radius 3 is 2.24 bits per heavy atom. The highest BCUT2D eigenvalue weighted by Gasteiger charge is 2.12. The van der Waals surface area contributed by atoms with Gasteiger partial charge in [-0.2, -0.15) is 10.2 Å². The normalized spacial score (nSPS) is 10.7. The number of carboxylic acid groups (broad SMARTS) is 1. The maximum absolute atomic E-state index is 11.6. The monoisotopic (exact) mass is 327 g/mol. The van der Waals surface area contributed by atoms with Gasteiger partial charge in [0.15, 0.2) is 0 Å². The number of rotatable bonds is 3. The van der Waals surface area contributed by atoms with E-state index in [2.05, 4.69) is 15.2 Å². The summed E-state index contributed by atoms with van der Waals surface area (Å²) < 4.78 is 0. The zero-order chi connectivity index (χ0) is 17.2. The van der Waals surface area contributed by atoms with E-state index in [1.54, 1.807) is 18.3 Å². The molecule has 1 N–H and O–H groups in total. The highest BCUT2D eigenvalue weighted by atomic mass is 16.4. The molecule has 4 aromatic rings. The lowest BCUT2D eigenvalue weighted by Crippen LogP contribution is -2.00. The number of benzene rings is 2. The largest absolute Gasteiger partial charge is 0.478 e. The van der Waals surface area contributed by atoms with E-state index in [4.69, 9.17) is 0 Å². The number of fused-ring (bicyclic) bond motifs is 1. The van der Waals surface area contributed by atoms with Crippen molar-refractivity contribution in [2.75, 3.05) is 0 Å². The second-order valence-corrected chi connectivity index (χ2v) is 5.56. The van der Waals surface area contributed by atoms with Gasteiger partial charge in [0.2, 0.25) is 0 Å². The van der Waals surface area contributed by atoms with Crippen LogP contribution in [0.4, 0.5) is 0 Å². The molecular weight excluding hydrogens is 314 g/mol. The Hall–Kier alpha value is -3.60. The quantitative estimate of drug-likeness (QED) is 0.614. The molecule has 2 heterocycles. The predicted molar refractivity (Wildman–Crippen MR) is 95.2 cm³/mol. The van der Waals surface area contributed by atoms with Crippen LogP contribution in [0.1, 0.15) is 10.4 Å². The molecule has 0 aliphatic heterocycles. The number of carbonyl (C=O) groups is 1. The van der Waals surface area contributed by atoms with Crippen LogP contribution in [0.15, 0.2) is 72.9 Å². The Kier molecular flexibility index (Phi) is 3.67. The third-order valence-corrected chi connectivity index (χ3v) is 4.00. The molecule has 120 valence electrons. The van der Waals surface area contributed by atoms with E-state index < -0.39 is 5.97 Å². The molecule has 25 heavy (non-hydrogen) atoms. The summed E-state index contributed by atoms with van der Waals surface area (Å²) in [6.07, 6.45) is 1.63. The van der Waals surface area contributed by atoms with Crippen LogP contribution in [0.3, 0.4) is 0 Å². The molecule has 4 rings (SSSR count). The van der Waals surface area contributed by atoms with E-state index in [-0.39, 0.29) is 5.56 Å². The molecule has 0 fully saturated rings. The van der Waals surface area contributed by atoms with Crippen LogP contribution in [-0.4, -0.2) is 26.3 Å². The summed E-state index contributed by atoms with van der Waals surface area (Å²) >= 11 is 0. The zero-order valence-electron chi connectivity index (χ0n) is 13.1. The van der Waals surface area contributed by atoms with Crippen LogP contribution in [0.25, 0.3) is 33.4 Å². The molecule has 0 aliphatic rings. The molecule has 0 unspecified atom stereocenters. The first-order valence-corrected chi connectivity index (χ1v) is 7.74. The van der Waals surface area contributed by atoms with Gasteiger partial charge < -0.3 is 5.11 Å². The number of nitrogens with zero attached hydrogens (tertiary/aromatic N) is 3. The Morgan fingerprint density at radius 1 is 0.840 bits per heavy atom. The van der Waals surface area contributed by atoms with Crippen molar-refractivity contribution in [1.82, 2.24) is 15.2 Å². The topological polar surface area (TPSA) is 76.0 Å². The molecule has 0 saturated carbocycles. The van der Waals surface area contributed by atoms with E-state index >= 15 is 0 Å². The molecule has 5 nitrogen and oxygen atoms in total. The van der Waals surface area contributed by atoms with E-state index in [0.717, 1.165) is 16.8 Å². The molecule has 2 aromatic carbocycles. The standard InChI is InChI=1S/C20H13N3O2/c24-20(25)16-12-19(22-18-5-2-1-4-15(16)18)14-9-7-13(8-10-14)17-6-3-11-21-23-17/h1-12H,(H,24,25). The van der Waals surface area contributed by atoms with Crippen LogP contribution in [0.2, 0.25) is 0 Å². The summed E-state index contributed by atoms with van der Waals surface area (Å²) in [5.74, 6) is -0.962. The Balaban J connectivity index is 1.81. The maximum Gasteiger partial charge on any atom is 0.336 e. The van der Waals surface area contributed by atoms with Gasteiger partial charge in [-0.15, -0.1) is 0 Å². The predicted octanol–water partition coefficient (Wildman–Crippen LogP) is 4.06. The number of para-hydroxylation sites is 1. The molecular formula is C20H13N3O2. The number of aromatic nitrogens is 3. The summed E-state index contributed by atoms with van der Waals surface area (Å²) in [4.78, 5) is 16.2. The molecule has 5 heteroatoms. The number of hydrogen-bond acceptors (Lipinski definition) is 4. The van der Waals surface area contributed by atoms with Gasteiger partial charge in [-0.25, -0.2) is 9.78 Å². The average Bonchev–Trinajstić information content (AvgIpc) is 2.68. The lowest BCUT2D eigenvalue weighted by Gasteiger charge is -2.08. The van der Waals surface area contributed by atoms with Crippen LogP contribution in [0.5, 0.6) is 0 Å². The fourth-order valence-electron chi connectivity index (χ4n) is 2.77. The van der Waals surface area contributed by atoms with E-state index in [1.807, 2.05) is 54.6 Å². The van der Waals surface area contributed by atoms with Crippen LogP contribution in [0, 0.1) is 0 Å². The van der Waals surface area contributed by atoms with Crippen LogP contribution in [-0.2, 0) is 0 Å². The zero-order valence-corrected chi connectivity index (χ0v) is 13.1. The fraction of sp³-hybridized carbons (Fsp3) is 0. The van der Waals surface area contributed by atoms with Crippen molar-refractivity contribution in [2.45, 2.75) is 0 Å². The van der Waals surface area contributed by atoms with Gasteiger partial charge in [0.05, 0.1) is 22.5 Å². The smallest absolute Gasteiger partial charge is 0.336 e. The number of carboxylic acids is 1. The van der Waals surface area contributed by atoms with Gasteiger partial charge in [0, 0.05) is 22.7 Å². The van der Waals surface area contributed by atoms with Crippen molar-refractivity contribution in [2.24, 2.45) is 0 Å². The van der Waals surface area contributed by atoms with Crippen molar-refractivity contribution in [3.05, 3.63) is 78.5 Å². The van der Waals surface area contributed by atoms with Gasteiger partial charge in [0.1, 0.15) is 0 Å². The number of pyridine rings is 1. The van der Waals surface area contributed by atoms with Crippen molar-refractivity contribution < 1.29 is 9.90 Å². The summed E-state index contributed by atoms with van der Waals surface area (Å²) in [5, 5.41) is 18.1. The summed E-state index contributed by atoms with van der Waals surface area (Å²) in [5.41, 5.74) is 4.11. The van der Waals surface area contributed by atoms with Gasteiger partial charge in [0.25, 0.3) is 0 Å². The molecule has 0 saturated heterocycles. The Bertz CT molecular complexity index is 1060. The highest BCUT2D eigenvalue weighted by molar-refractivity contribution is 6.03. The fourth-order valence-corrected chi connectivity index (χ4v) is 2.77. The van der Waals surface area contributed by atoms with Crippen molar-refractivity contribution in [1.29, 1.82) is 0 Å². The minimum absolute atomic E-state index is 0.249. The highest BCUT2D eigenvalue weighted by Crippen LogP contribution is 2.26. The molecule has 0 amide bonds. The third kappa shape index (κ3) is 2.83. The van der Waals surface area contributed by atoms with E-state index in [1.165, 1.54) is 0 Å². The lowest BCUT2D eigenvalue weighted by atomic mass is 10.0. The van der Waals surface area contributed by atoms with E-state index in [0.29, 0.717) is 16.6 Å². The SMILES string of the molecule is O=C(O)c1cc(-c2ccc(-c3cccnn3)cc2)nc2ccccc12. The Morgan fingerprint density at radius 2 is 1.56 bits per heavy atom. The van der Waals surface area contributed by atoms with Gasteiger partial charge in [-0.1, -0.05) is 42.5 Å². The van der Waals surface area contributed by atoms with Gasteiger partial charge in [-0.05, 0) is 24.3 Å². The summed E-state index contributed by atoms with van der Waals surface area (Å²) in [6.45, 7) is 0. The van der Waals surface area contributed by atoms with Crippen LogP contribution >= 0.6 is 0 Å². The summed E-state index contributed by atoms with van der Waals surface area (Å²) in [7, 11) is 0. The molecule has 0 bridgehead atoms. The Labute approximate surface area is 143 Å². The van der Waals surface area contributed by atoms with Crippen molar-refractivity contribution in [3.63, 3.8) is 0 Å². The minimum Gasteiger partial charge on any atom is -0.478 e. The van der Waals surface area contributed by atoms with Gasteiger partial charge in [-0.3, -0.25) is 0 Å². The molecule has 0 spiro atoms. The second kappa shape index (κ2) is 6.13. The molecule has 0 aliphatic carbocycles. The van der Waals surface area contributed by atoms with Gasteiger partial charge >= 0.3 is 5.97 Å². The maximum atomic E-state index is 11.6. The molecule has 0 radical (unpaired) electrons. The number of hydrogen-bond donors (Lipinski definition) is 1. The number of aromatic carboxylic acids is 1. The second-order valence-electron chi connectivity index (χ2n) is 5.56. The first-order chi connectivity index (χ1) is 12.2. The molecule has 0 atom stereocenters.